The molecule has 0 unspecified atom stereocenters. The summed E-state index contributed by atoms with van der Waals surface area (Å²) in [5.41, 5.74) is 5.01. The summed E-state index contributed by atoms with van der Waals surface area (Å²) in [6.45, 7) is 6.43. The van der Waals surface area contributed by atoms with E-state index in [1.807, 2.05) is 72.8 Å². The van der Waals surface area contributed by atoms with Crippen LogP contribution in [0.3, 0.4) is 0 Å². The van der Waals surface area contributed by atoms with Crippen LogP contribution < -0.4 is 19.6 Å². The standard InChI is InChI=1S/C39H33BrN2O6S/c1-4-47-38(46)33-34(27-8-6-5-7-9-27)41-39-42(35(33)28-17-15-26(16-18-28)23(2)3)36(43)32(49-39)21-25-12-19-31(30(40)20-25)48-22-24-10-13-29(14-11-24)37(44)45/h5-21,23,35H,4,22H2,1-3H3,(H,44,45)/b32-21+/t35-/m1/s1. The molecule has 1 aliphatic rings. The Morgan fingerprint density at radius 2 is 1.71 bits per heavy atom. The molecule has 0 saturated carbocycles. The highest BCUT2D eigenvalue weighted by Crippen LogP contribution is 2.36. The second-order valence-electron chi connectivity index (χ2n) is 11.7. The quantitative estimate of drug-likeness (QED) is 0.153. The minimum atomic E-state index is -0.981. The van der Waals surface area contributed by atoms with Crippen molar-refractivity contribution < 1.29 is 24.2 Å². The number of hydrogen-bond acceptors (Lipinski definition) is 7. The molecule has 0 saturated heterocycles. The van der Waals surface area contributed by atoms with Gasteiger partial charge in [0.2, 0.25) is 0 Å². The third-order valence-electron chi connectivity index (χ3n) is 8.14. The van der Waals surface area contributed by atoms with Gasteiger partial charge in [-0.05, 0) is 81.4 Å². The molecule has 4 aromatic carbocycles. The third kappa shape index (κ3) is 7.21. The summed E-state index contributed by atoms with van der Waals surface area (Å²) in [5.74, 6) is -0.588. The maximum atomic E-state index is 14.3. The van der Waals surface area contributed by atoms with E-state index in [4.69, 9.17) is 19.6 Å². The molecule has 2 heterocycles. The first-order valence-corrected chi connectivity index (χ1v) is 17.4. The van der Waals surface area contributed by atoms with Crippen LogP contribution in [0.2, 0.25) is 0 Å². The molecule has 0 aliphatic carbocycles. The average molecular weight is 738 g/mol. The van der Waals surface area contributed by atoms with Crippen LogP contribution in [0, 0.1) is 0 Å². The van der Waals surface area contributed by atoms with Crippen molar-refractivity contribution in [3.8, 4) is 5.75 Å². The second-order valence-corrected chi connectivity index (χ2v) is 13.6. The zero-order valence-electron chi connectivity index (χ0n) is 27.1. The first-order valence-electron chi connectivity index (χ1n) is 15.8. The highest BCUT2D eigenvalue weighted by molar-refractivity contribution is 9.10. The summed E-state index contributed by atoms with van der Waals surface area (Å²) in [5, 5.41) is 9.13. The van der Waals surface area contributed by atoms with Crippen molar-refractivity contribution in [2.75, 3.05) is 6.61 Å². The molecule has 49 heavy (non-hydrogen) atoms. The number of aromatic carboxylic acids is 1. The van der Waals surface area contributed by atoms with Crippen molar-refractivity contribution in [1.82, 2.24) is 4.57 Å². The Bertz CT molecular complexity index is 2240. The molecule has 1 atom stereocenters. The van der Waals surface area contributed by atoms with E-state index in [2.05, 4.69) is 29.8 Å². The smallest absolute Gasteiger partial charge is 0.338 e. The Balaban J connectivity index is 1.42. The van der Waals surface area contributed by atoms with E-state index in [0.717, 1.165) is 27.8 Å². The lowest BCUT2D eigenvalue weighted by Crippen LogP contribution is -2.40. The second kappa shape index (κ2) is 14.6. The molecule has 0 amide bonds. The molecule has 6 rings (SSSR count). The molecule has 10 heteroatoms. The largest absolute Gasteiger partial charge is 0.488 e. The lowest BCUT2D eigenvalue weighted by molar-refractivity contribution is -0.138. The van der Waals surface area contributed by atoms with Crippen molar-refractivity contribution in [2.45, 2.75) is 39.3 Å². The predicted octanol–water partition coefficient (Wildman–Crippen LogP) is 7.10. The van der Waals surface area contributed by atoms with E-state index in [1.165, 1.54) is 11.3 Å². The number of benzene rings is 4. The van der Waals surface area contributed by atoms with Gasteiger partial charge in [-0.1, -0.05) is 98.0 Å². The first-order chi connectivity index (χ1) is 23.6. The number of carboxylic acids is 1. The molecule has 248 valence electrons. The van der Waals surface area contributed by atoms with E-state index in [-0.39, 0.29) is 24.3 Å². The normalized spacial score (nSPS) is 14.4. The summed E-state index contributed by atoms with van der Waals surface area (Å²) in [4.78, 5) is 44.5. The molecule has 1 N–H and O–H groups in total. The lowest BCUT2D eigenvalue weighted by atomic mass is 9.91. The Hall–Kier alpha value is -5.06. The third-order valence-corrected chi connectivity index (χ3v) is 9.74. The van der Waals surface area contributed by atoms with E-state index in [1.54, 1.807) is 41.8 Å². The van der Waals surface area contributed by atoms with Gasteiger partial charge < -0.3 is 14.6 Å². The Morgan fingerprint density at radius 3 is 2.35 bits per heavy atom. The molecule has 8 nitrogen and oxygen atoms in total. The number of aromatic nitrogens is 1. The van der Waals surface area contributed by atoms with Gasteiger partial charge >= 0.3 is 11.9 Å². The number of carbonyl (C=O) groups is 2. The van der Waals surface area contributed by atoms with Gasteiger partial charge in [-0.3, -0.25) is 9.36 Å². The van der Waals surface area contributed by atoms with Crippen molar-refractivity contribution in [1.29, 1.82) is 0 Å². The van der Waals surface area contributed by atoms with Gasteiger partial charge in [-0.15, -0.1) is 0 Å². The number of rotatable bonds is 10. The predicted molar refractivity (Wildman–Crippen MR) is 193 cm³/mol. The Kier molecular flexibility index (Phi) is 10.1. The van der Waals surface area contributed by atoms with Crippen LogP contribution in [0.15, 0.2) is 117 Å². The van der Waals surface area contributed by atoms with Gasteiger partial charge in [0.25, 0.3) is 5.56 Å². The molecule has 0 radical (unpaired) electrons. The van der Waals surface area contributed by atoms with Gasteiger partial charge in [-0.2, -0.15) is 0 Å². The van der Waals surface area contributed by atoms with Crippen LogP contribution in [0.25, 0.3) is 11.8 Å². The molecule has 0 fully saturated rings. The van der Waals surface area contributed by atoms with E-state index in [9.17, 15) is 14.4 Å². The average Bonchev–Trinajstić information content (AvgIpc) is 3.41. The molecule has 1 aliphatic heterocycles. The molecule has 5 aromatic rings. The number of thiazole rings is 1. The van der Waals surface area contributed by atoms with Crippen LogP contribution >= 0.6 is 27.3 Å². The molecular formula is C39H33BrN2O6S. The van der Waals surface area contributed by atoms with Crippen LogP contribution in [-0.4, -0.2) is 28.2 Å². The summed E-state index contributed by atoms with van der Waals surface area (Å²) in [6.07, 6.45) is 1.80. The lowest BCUT2D eigenvalue weighted by Gasteiger charge is -2.26. The zero-order chi connectivity index (χ0) is 34.7. The fourth-order valence-electron chi connectivity index (χ4n) is 5.60. The minimum absolute atomic E-state index is 0.180. The topological polar surface area (TPSA) is 107 Å². The van der Waals surface area contributed by atoms with Gasteiger partial charge in [-0.25, -0.2) is 14.6 Å². The highest BCUT2D eigenvalue weighted by Gasteiger charge is 2.35. The maximum Gasteiger partial charge on any atom is 0.338 e. The van der Waals surface area contributed by atoms with Crippen LogP contribution in [0.1, 0.15) is 70.9 Å². The van der Waals surface area contributed by atoms with Crippen molar-refractivity contribution >= 4 is 51.0 Å². The minimum Gasteiger partial charge on any atom is -0.488 e. The molecule has 0 bridgehead atoms. The van der Waals surface area contributed by atoms with Crippen LogP contribution in [0.5, 0.6) is 5.75 Å². The number of halogens is 1. The molecule has 1 aromatic heterocycles. The zero-order valence-corrected chi connectivity index (χ0v) is 29.5. The van der Waals surface area contributed by atoms with Crippen LogP contribution in [0.4, 0.5) is 0 Å². The fraction of sp³-hybridized carbons (Fsp3) is 0.179. The summed E-state index contributed by atoms with van der Waals surface area (Å²) >= 11 is 4.85. The highest BCUT2D eigenvalue weighted by atomic mass is 79.9. The summed E-state index contributed by atoms with van der Waals surface area (Å²) in [6, 6.07) is 28.8. The number of fused-ring (bicyclic) bond motifs is 1. The Labute approximate surface area is 295 Å². The van der Waals surface area contributed by atoms with Crippen molar-refractivity contribution in [3.63, 3.8) is 0 Å². The molecule has 0 spiro atoms. The summed E-state index contributed by atoms with van der Waals surface area (Å²) in [7, 11) is 0. The monoisotopic (exact) mass is 736 g/mol. The number of carboxylic acid groups (broad SMARTS) is 1. The van der Waals surface area contributed by atoms with Gasteiger partial charge in [0.15, 0.2) is 4.80 Å². The number of carbonyl (C=O) groups excluding carboxylic acids is 1. The Morgan fingerprint density at radius 1 is 1.00 bits per heavy atom. The van der Waals surface area contributed by atoms with E-state index >= 15 is 0 Å². The van der Waals surface area contributed by atoms with E-state index in [0.29, 0.717) is 36.7 Å². The summed E-state index contributed by atoms with van der Waals surface area (Å²) < 4.78 is 14.3. The fourth-order valence-corrected chi connectivity index (χ4v) is 7.11. The molecular weight excluding hydrogens is 704 g/mol. The van der Waals surface area contributed by atoms with Gasteiger partial charge in [0, 0.05) is 5.56 Å². The first kappa shape index (κ1) is 33.8. The number of nitrogens with zero attached hydrogens (tertiary/aromatic N) is 2. The number of esters is 1. The van der Waals surface area contributed by atoms with Gasteiger partial charge in [0.05, 0.1) is 38.5 Å². The SMILES string of the molecule is CCOC(=O)C1=C(c2ccccc2)N=c2s/c(=C/c3ccc(OCc4ccc(C(=O)O)cc4)c(Br)c3)c(=O)n2[C@@H]1c1ccc(C(C)C)cc1. The van der Waals surface area contributed by atoms with Gasteiger partial charge in [0.1, 0.15) is 12.4 Å². The number of hydrogen-bond donors (Lipinski definition) is 1. The number of ether oxygens (including phenoxy) is 2. The van der Waals surface area contributed by atoms with Crippen molar-refractivity contribution in [3.05, 3.63) is 160 Å². The van der Waals surface area contributed by atoms with E-state index < -0.39 is 18.0 Å². The van der Waals surface area contributed by atoms with Crippen molar-refractivity contribution in [2.24, 2.45) is 4.99 Å². The maximum absolute atomic E-state index is 14.3. The van der Waals surface area contributed by atoms with Crippen LogP contribution in [-0.2, 0) is 16.1 Å².